The van der Waals surface area contributed by atoms with Crippen LogP contribution < -0.4 is 0 Å². The Morgan fingerprint density at radius 1 is 1.36 bits per heavy atom. The number of hydrogen-bond acceptors (Lipinski definition) is 8. The number of hydrogen-bond donors (Lipinski definition) is 0. The Bertz CT molecular complexity index is 806. The van der Waals surface area contributed by atoms with Crippen molar-refractivity contribution in [2.45, 2.75) is 50.5 Å². The lowest BCUT2D eigenvalue weighted by atomic mass is 9.90. The molecule has 0 unspecified atom stereocenters. The van der Waals surface area contributed by atoms with E-state index in [1.807, 2.05) is 11.8 Å². The zero-order valence-electron chi connectivity index (χ0n) is 16.3. The minimum absolute atomic E-state index is 0.0532. The highest BCUT2D eigenvalue weighted by atomic mass is 32.1. The molecule has 0 bridgehead atoms. The zero-order chi connectivity index (χ0) is 19.6. The molecule has 2 aliphatic rings. The lowest BCUT2D eigenvalue weighted by Gasteiger charge is -2.38. The predicted octanol–water partition coefficient (Wildman–Crippen LogP) is 2.76. The molecule has 28 heavy (non-hydrogen) atoms. The number of piperidine rings is 1. The number of likely N-dealkylation sites (tertiary alicyclic amines) is 1. The van der Waals surface area contributed by atoms with Gasteiger partial charge in [0.05, 0.1) is 11.2 Å². The van der Waals surface area contributed by atoms with E-state index in [4.69, 9.17) is 14.0 Å². The van der Waals surface area contributed by atoms with Crippen LogP contribution in [0.5, 0.6) is 0 Å². The zero-order valence-corrected chi connectivity index (χ0v) is 17.2. The number of nitrogens with zero attached hydrogens (tertiary/aromatic N) is 4. The molecule has 0 N–H and O–H groups in total. The molecule has 0 atom stereocenters. The molecule has 2 aromatic rings. The van der Waals surface area contributed by atoms with Gasteiger partial charge in [0.2, 0.25) is 0 Å². The van der Waals surface area contributed by atoms with Crippen molar-refractivity contribution in [3.05, 3.63) is 27.8 Å². The van der Waals surface area contributed by atoms with Gasteiger partial charge in [-0.2, -0.15) is 4.98 Å². The predicted molar refractivity (Wildman–Crippen MR) is 102 cm³/mol. The molecule has 4 rings (SSSR count). The van der Waals surface area contributed by atoms with Gasteiger partial charge in [-0.25, -0.2) is 4.98 Å². The number of thiazole rings is 1. The van der Waals surface area contributed by atoms with Crippen LogP contribution in [0, 0.1) is 0 Å². The topological polar surface area (TPSA) is 90.6 Å². The molecule has 1 amide bonds. The van der Waals surface area contributed by atoms with Crippen molar-refractivity contribution < 1.29 is 18.8 Å². The molecule has 2 aromatic heterocycles. The van der Waals surface area contributed by atoms with E-state index in [-0.39, 0.29) is 11.8 Å². The van der Waals surface area contributed by atoms with Crippen molar-refractivity contribution in [1.82, 2.24) is 20.0 Å². The molecular weight excluding hydrogens is 380 g/mol. The van der Waals surface area contributed by atoms with E-state index in [1.165, 1.54) is 11.3 Å². The van der Waals surface area contributed by atoms with Gasteiger partial charge in [0.1, 0.15) is 10.5 Å². The van der Waals surface area contributed by atoms with Crippen LogP contribution in [0.15, 0.2) is 10.0 Å². The maximum Gasteiger partial charge on any atom is 0.265 e. The summed E-state index contributed by atoms with van der Waals surface area (Å²) in [4.78, 5) is 24.5. The average molecular weight is 407 g/mol. The summed E-state index contributed by atoms with van der Waals surface area (Å²) >= 11 is 1.41. The minimum atomic E-state index is -0.630. The van der Waals surface area contributed by atoms with Crippen LogP contribution in [0.25, 0.3) is 0 Å². The fourth-order valence-electron chi connectivity index (χ4n) is 3.96. The summed E-state index contributed by atoms with van der Waals surface area (Å²) in [7, 11) is 1.67. The summed E-state index contributed by atoms with van der Waals surface area (Å²) in [5, 5.41) is 4.22. The Labute approximate surface area is 168 Å². The van der Waals surface area contributed by atoms with Crippen LogP contribution in [-0.4, -0.2) is 59.3 Å². The molecular formula is C19H26N4O4S. The largest absolute Gasteiger partial charge is 0.381 e. The average Bonchev–Trinajstić information content (AvgIpc) is 3.44. The van der Waals surface area contributed by atoms with Crippen molar-refractivity contribution >= 4 is 17.2 Å². The first kappa shape index (κ1) is 19.5. The summed E-state index contributed by atoms with van der Waals surface area (Å²) in [5.41, 5.74) is 1.98. The molecule has 2 aliphatic heterocycles. The monoisotopic (exact) mass is 406 g/mol. The van der Waals surface area contributed by atoms with Gasteiger partial charge in [-0.05, 0) is 19.3 Å². The number of carbonyl (C=O) groups is 1. The third-order valence-electron chi connectivity index (χ3n) is 5.84. The second kappa shape index (κ2) is 8.26. The van der Waals surface area contributed by atoms with Gasteiger partial charge in [0.15, 0.2) is 5.82 Å². The summed E-state index contributed by atoms with van der Waals surface area (Å²) in [6.45, 7) is 4.66. The van der Waals surface area contributed by atoms with Crippen LogP contribution in [0.1, 0.15) is 65.6 Å². The van der Waals surface area contributed by atoms with Crippen molar-refractivity contribution in [3.63, 3.8) is 0 Å². The van der Waals surface area contributed by atoms with E-state index in [0.29, 0.717) is 31.8 Å². The van der Waals surface area contributed by atoms with Gasteiger partial charge in [-0.15, -0.1) is 11.3 Å². The fraction of sp³-hybridized carbons (Fsp3) is 0.684. The maximum atomic E-state index is 12.9. The van der Waals surface area contributed by atoms with Crippen LogP contribution in [-0.2, 0) is 21.5 Å². The second-order valence-electron chi connectivity index (χ2n) is 7.32. The molecule has 0 saturated carbocycles. The van der Waals surface area contributed by atoms with Crippen molar-refractivity contribution in [2.24, 2.45) is 0 Å². The summed E-state index contributed by atoms with van der Waals surface area (Å²) in [5.74, 6) is 1.60. The molecule has 0 spiro atoms. The molecule has 152 valence electrons. The first-order chi connectivity index (χ1) is 13.7. The van der Waals surface area contributed by atoms with E-state index >= 15 is 0 Å². The van der Waals surface area contributed by atoms with E-state index in [2.05, 4.69) is 15.1 Å². The number of rotatable bonds is 5. The minimum Gasteiger partial charge on any atom is -0.381 e. The van der Waals surface area contributed by atoms with Crippen LogP contribution in [0.4, 0.5) is 0 Å². The number of ether oxygens (including phenoxy) is 2. The third kappa shape index (κ3) is 3.58. The maximum absolute atomic E-state index is 12.9. The summed E-state index contributed by atoms with van der Waals surface area (Å²) in [6, 6.07) is 0. The number of amides is 1. The van der Waals surface area contributed by atoms with E-state index in [0.717, 1.165) is 48.9 Å². The van der Waals surface area contributed by atoms with Gasteiger partial charge in [0.25, 0.3) is 11.8 Å². The molecule has 9 heteroatoms. The number of carbonyl (C=O) groups excluding carboxylic acids is 1. The first-order valence-corrected chi connectivity index (χ1v) is 10.7. The van der Waals surface area contributed by atoms with Crippen molar-refractivity contribution in [1.29, 1.82) is 0 Å². The smallest absolute Gasteiger partial charge is 0.265 e. The number of aromatic nitrogens is 3. The molecule has 0 radical (unpaired) electrons. The Morgan fingerprint density at radius 3 is 2.79 bits per heavy atom. The fourth-order valence-corrected chi connectivity index (χ4v) is 4.80. The van der Waals surface area contributed by atoms with Crippen LogP contribution in [0.3, 0.4) is 0 Å². The lowest BCUT2D eigenvalue weighted by Crippen LogP contribution is -2.46. The lowest BCUT2D eigenvalue weighted by molar-refractivity contribution is -0.0779. The molecule has 8 nitrogen and oxygen atoms in total. The van der Waals surface area contributed by atoms with Crippen molar-refractivity contribution in [3.8, 4) is 0 Å². The first-order valence-electron chi connectivity index (χ1n) is 9.85. The standard InChI is InChI=1S/C19H26N4O4S/c1-3-14-15(28-12-20-14)17(24)23-8-6-19(25-2,7-9-23)18-21-16(22-27-18)13-4-10-26-11-5-13/h12-13H,3-11H2,1-2H3. The number of aryl methyl sites for hydroxylation is 1. The molecule has 2 fully saturated rings. The normalized spacial score (nSPS) is 20.4. The van der Waals surface area contributed by atoms with Gasteiger partial charge < -0.3 is 18.9 Å². The molecule has 0 aromatic carbocycles. The van der Waals surface area contributed by atoms with Gasteiger partial charge in [-0.3, -0.25) is 4.79 Å². The Hall–Kier alpha value is -1.84. The summed E-state index contributed by atoms with van der Waals surface area (Å²) < 4.78 is 16.9. The van der Waals surface area contributed by atoms with E-state index in [9.17, 15) is 4.79 Å². The Balaban J connectivity index is 1.45. The van der Waals surface area contributed by atoms with Gasteiger partial charge in [-0.1, -0.05) is 12.1 Å². The highest BCUT2D eigenvalue weighted by Crippen LogP contribution is 2.37. The SMILES string of the molecule is CCc1ncsc1C(=O)N1CCC(OC)(c2nc(C3CCOCC3)no2)CC1. The highest BCUT2D eigenvalue weighted by Gasteiger charge is 2.43. The Kier molecular flexibility index (Phi) is 5.75. The van der Waals surface area contributed by atoms with E-state index < -0.39 is 5.60 Å². The van der Waals surface area contributed by atoms with Gasteiger partial charge >= 0.3 is 0 Å². The Morgan fingerprint density at radius 2 is 2.11 bits per heavy atom. The third-order valence-corrected chi connectivity index (χ3v) is 6.69. The number of methoxy groups -OCH3 is 1. The van der Waals surface area contributed by atoms with Crippen LogP contribution in [0.2, 0.25) is 0 Å². The quantitative estimate of drug-likeness (QED) is 0.754. The van der Waals surface area contributed by atoms with Crippen molar-refractivity contribution in [2.75, 3.05) is 33.4 Å². The second-order valence-corrected chi connectivity index (χ2v) is 8.17. The molecule has 0 aliphatic carbocycles. The summed E-state index contributed by atoms with van der Waals surface area (Å²) in [6.07, 6.45) is 3.85. The molecule has 4 heterocycles. The highest BCUT2D eigenvalue weighted by molar-refractivity contribution is 7.11. The van der Waals surface area contributed by atoms with Crippen LogP contribution >= 0.6 is 11.3 Å². The van der Waals surface area contributed by atoms with Gasteiger partial charge in [0, 0.05) is 52.2 Å². The molecule has 2 saturated heterocycles. The van der Waals surface area contributed by atoms with E-state index in [1.54, 1.807) is 12.6 Å².